The van der Waals surface area contributed by atoms with Crippen LogP contribution in [0.4, 0.5) is 0 Å². The zero-order chi connectivity index (χ0) is 15.9. The highest BCUT2D eigenvalue weighted by molar-refractivity contribution is 5.76. The Morgan fingerprint density at radius 2 is 1.77 bits per heavy atom. The van der Waals surface area contributed by atoms with Crippen molar-refractivity contribution in [3.8, 4) is 0 Å². The van der Waals surface area contributed by atoms with Gasteiger partial charge < -0.3 is 15.0 Å². The molecule has 4 heteroatoms. The van der Waals surface area contributed by atoms with Gasteiger partial charge in [-0.25, -0.2) is 0 Å². The fourth-order valence-corrected chi connectivity index (χ4v) is 3.58. The molecule has 2 rings (SSSR count). The number of piperidine rings is 2. The molecular formula is C18H34N2O2. The molecule has 4 nitrogen and oxygen atoms in total. The molecule has 0 bridgehead atoms. The van der Waals surface area contributed by atoms with Gasteiger partial charge in [0.2, 0.25) is 5.91 Å². The molecule has 2 aliphatic rings. The number of hydrogen-bond donors (Lipinski definition) is 1. The lowest BCUT2D eigenvalue weighted by Crippen LogP contribution is -2.42. The summed E-state index contributed by atoms with van der Waals surface area (Å²) in [5.74, 6) is 2.18. The van der Waals surface area contributed by atoms with E-state index in [-0.39, 0.29) is 0 Å². The second-order valence-electron chi connectivity index (χ2n) is 7.58. The molecule has 128 valence electrons. The Morgan fingerprint density at radius 1 is 1.14 bits per heavy atom. The Hall–Kier alpha value is -0.610. The van der Waals surface area contributed by atoms with Crippen LogP contribution in [0.5, 0.6) is 0 Å². The smallest absolute Gasteiger partial charge is 0.222 e. The molecule has 2 heterocycles. The largest absolute Gasteiger partial charge is 0.378 e. The minimum Gasteiger partial charge on any atom is -0.378 e. The van der Waals surface area contributed by atoms with Crippen molar-refractivity contribution in [2.24, 2.45) is 17.8 Å². The Balaban J connectivity index is 1.68. The molecule has 1 atom stereocenters. The molecule has 1 unspecified atom stereocenters. The quantitative estimate of drug-likeness (QED) is 0.820. The summed E-state index contributed by atoms with van der Waals surface area (Å²) in [4.78, 5) is 14.6. The molecule has 0 aromatic carbocycles. The van der Waals surface area contributed by atoms with E-state index in [9.17, 15) is 4.79 Å². The molecule has 2 saturated heterocycles. The molecule has 0 aliphatic carbocycles. The molecule has 0 saturated carbocycles. The molecule has 0 spiro atoms. The average molecular weight is 310 g/mol. The van der Waals surface area contributed by atoms with Gasteiger partial charge in [-0.3, -0.25) is 4.79 Å². The lowest BCUT2D eigenvalue weighted by atomic mass is 9.84. The molecule has 1 N–H and O–H groups in total. The van der Waals surface area contributed by atoms with E-state index in [1.807, 2.05) is 0 Å². The third-order valence-corrected chi connectivity index (χ3v) is 5.15. The van der Waals surface area contributed by atoms with Crippen molar-refractivity contribution in [1.29, 1.82) is 0 Å². The van der Waals surface area contributed by atoms with Crippen molar-refractivity contribution in [2.75, 3.05) is 32.8 Å². The minimum atomic E-state index is 0.355. The molecule has 1 amide bonds. The van der Waals surface area contributed by atoms with E-state index < -0.39 is 0 Å². The van der Waals surface area contributed by atoms with Gasteiger partial charge in [-0.05, 0) is 56.5 Å². The number of ether oxygens (including phenoxy) is 1. The molecule has 2 aliphatic heterocycles. The van der Waals surface area contributed by atoms with Gasteiger partial charge in [-0.2, -0.15) is 0 Å². The maximum atomic E-state index is 12.5. The van der Waals surface area contributed by atoms with Crippen molar-refractivity contribution in [2.45, 2.75) is 59.0 Å². The number of carbonyl (C=O) groups excluding carboxylic acids is 1. The Kier molecular flexibility index (Phi) is 7.16. The van der Waals surface area contributed by atoms with Crippen LogP contribution in [0.3, 0.4) is 0 Å². The highest BCUT2D eigenvalue weighted by Gasteiger charge is 2.27. The van der Waals surface area contributed by atoms with Crippen LogP contribution in [0.1, 0.15) is 52.9 Å². The van der Waals surface area contributed by atoms with Gasteiger partial charge in [-0.15, -0.1) is 0 Å². The van der Waals surface area contributed by atoms with Crippen LogP contribution in [-0.2, 0) is 9.53 Å². The van der Waals surface area contributed by atoms with Gasteiger partial charge in [0.25, 0.3) is 0 Å². The first-order valence-corrected chi connectivity index (χ1v) is 9.16. The van der Waals surface area contributed by atoms with Gasteiger partial charge in [-0.1, -0.05) is 20.8 Å². The Labute approximate surface area is 136 Å². The summed E-state index contributed by atoms with van der Waals surface area (Å²) in [5.41, 5.74) is 0. The maximum Gasteiger partial charge on any atom is 0.222 e. The lowest BCUT2D eigenvalue weighted by Gasteiger charge is -2.34. The monoisotopic (exact) mass is 310 g/mol. The van der Waals surface area contributed by atoms with E-state index in [1.54, 1.807) is 0 Å². The van der Waals surface area contributed by atoms with Crippen molar-refractivity contribution in [3.05, 3.63) is 0 Å². The van der Waals surface area contributed by atoms with Crippen LogP contribution in [0.25, 0.3) is 0 Å². The zero-order valence-electron chi connectivity index (χ0n) is 14.6. The number of nitrogens with one attached hydrogen (secondary N) is 1. The van der Waals surface area contributed by atoms with Crippen LogP contribution in [0, 0.1) is 17.8 Å². The average Bonchev–Trinajstić information content (AvgIpc) is 2.54. The molecule has 0 aromatic heterocycles. The second kappa shape index (κ2) is 8.88. The normalized spacial score (nSPS) is 23.0. The maximum absolute atomic E-state index is 12.5. The van der Waals surface area contributed by atoms with Gasteiger partial charge in [0.1, 0.15) is 0 Å². The molecule has 0 radical (unpaired) electrons. The van der Waals surface area contributed by atoms with Crippen molar-refractivity contribution >= 4 is 5.91 Å². The van der Waals surface area contributed by atoms with E-state index in [0.717, 1.165) is 58.0 Å². The Bertz CT molecular complexity index is 332. The van der Waals surface area contributed by atoms with E-state index in [2.05, 4.69) is 31.0 Å². The first kappa shape index (κ1) is 17.7. The fourth-order valence-electron chi connectivity index (χ4n) is 3.58. The number of carbonyl (C=O) groups is 1. The number of likely N-dealkylation sites (tertiary alicyclic amines) is 1. The fraction of sp³-hybridized carbons (Fsp3) is 0.944. The summed E-state index contributed by atoms with van der Waals surface area (Å²) < 4.78 is 5.90. The van der Waals surface area contributed by atoms with Gasteiger partial charge in [0, 0.05) is 26.1 Å². The number of amides is 1. The van der Waals surface area contributed by atoms with Crippen LogP contribution in [0.2, 0.25) is 0 Å². The van der Waals surface area contributed by atoms with Crippen molar-refractivity contribution < 1.29 is 9.53 Å². The predicted molar refractivity (Wildman–Crippen MR) is 89.8 cm³/mol. The number of rotatable bonds is 6. The van der Waals surface area contributed by atoms with Crippen molar-refractivity contribution in [3.63, 3.8) is 0 Å². The third-order valence-electron chi connectivity index (χ3n) is 5.15. The summed E-state index contributed by atoms with van der Waals surface area (Å²) in [6.45, 7) is 11.4. The van der Waals surface area contributed by atoms with Crippen LogP contribution < -0.4 is 5.32 Å². The van der Waals surface area contributed by atoms with E-state index in [1.165, 1.54) is 12.8 Å². The molecule has 0 aromatic rings. The van der Waals surface area contributed by atoms with Crippen molar-refractivity contribution in [1.82, 2.24) is 10.2 Å². The Morgan fingerprint density at radius 3 is 2.36 bits per heavy atom. The van der Waals surface area contributed by atoms with Gasteiger partial charge in [0.15, 0.2) is 0 Å². The standard InChI is InChI=1S/C18H34N2O2/c1-14(2)13-22-17-6-10-20(11-7-17)18(21)12-15(3)16-4-8-19-9-5-16/h14-17,19H,4-13H2,1-3H3. The van der Waals surface area contributed by atoms with Crippen LogP contribution in [0.15, 0.2) is 0 Å². The van der Waals surface area contributed by atoms with Crippen LogP contribution >= 0.6 is 0 Å². The second-order valence-corrected chi connectivity index (χ2v) is 7.58. The van der Waals surface area contributed by atoms with E-state index >= 15 is 0 Å². The van der Waals surface area contributed by atoms with E-state index in [4.69, 9.17) is 4.74 Å². The highest BCUT2D eigenvalue weighted by atomic mass is 16.5. The summed E-state index contributed by atoms with van der Waals surface area (Å²) in [7, 11) is 0. The van der Waals surface area contributed by atoms with E-state index in [0.29, 0.717) is 23.8 Å². The summed E-state index contributed by atoms with van der Waals surface area (Å²) in [6.07, 6.45) is 5.52. The van der Waals surface area contributed by atoms with Gasteiger partial charge in [0.05, 0.1) is 6.10 Å². The predicted octanol–water partition coefficient (Wildman–Crippen LogP) is 2.68. The molecule has 2 fully saturated rings. The highest BCUT2D eigenvalue weighted by Crippen LogP contribution is 2.25. The number of nitrogens with zero attached hydrogens (tertiary/aromatic N) is 1. The number of hydrogen-bond acceptors (Lipinski definition) is 3. The third kappa shape index (κ3) is 5.54. The zero-order valence-corrected chi connectivity index (χ0v) is 14.6. The molecule has 22 heavy (non-hydrogen) atoms. The topological polar surface area (TPSA) is 41.6 Å². The lowest BCUT2D eigenvalue weighted by molar-refractivity contribution is -0.135. The first-order chi connectivity index (χ1) is 10.6. The summed E-state index contributed by atoms with van der Waals surface area (Å²) in [6, 6.07) is 0. The van der Waals surface area contributed by atoms with Crippen LogP contribution in [-0.4, -0.2) is 49.7 Å². The van der Waals surface area contributed by atoms with Gasteiger partial charge >= 0.3 is 0 Å². The summed E-state index contributed by atoms with van der Waals surface area (Å²) in [5, 5.41) is 3.40. The minimum absolute atomic E-state index is 0.355. The molecular weight excluding hydrogens is 276 g/mol. The summed E-state index contributed by atoms with van der Waals surface area (Å²) >= 11 is 0. The SMILES string of the molecule is CC(C)COC1CCN(C(=O)CC(C)C2CCNCC2)CC1. The first-order valence-electron chi connectivity index (χ1n) is 9.16.